The molecule has 5 aromatic rings. The Morgan fingerprint density at radius 3 is 2.70 bits per heavy atom. The molecule has 5 rings (SSSR count). The van der Waals surface area contributed by atoms with E-state index in [9.17, 15) is 9.59 Å². The molecular formula is C25H23N5O3. The van der Waals surface area contributed by atoms with E-state index in [1.807, 2.05) is 66.9 Å². The van der Waals surface area contributed by atoms with Crippen LogP contribution < -0.4 is 5.69 Å². The lowest BCUT2D eigenvalue weighted by Crippen LogP contribution is -2.27. The summed E-state index contributed by atoms with van der Waals surface area (Å²) in [5.74, 6) is -0.445. The Labute approximate surface area is 189 Å². The van der Waals surface area contributed by atoms with Crippen LogP contribution in [0.4, 0.5) is 0 Å². The zero-order valence-corrected chi connectivity index (χ0v) is 18.6. The van der Waals surface area contributed by atoms with E-state index in [4.69, 9.17) is 9.72 Å². The molecule has 0 saturated carbocycles. The highest BCUT2D eigenvalue weighted by Gasteiger charge is 2.20. The number of imidazole rings is 2. The fourth-order valence-electron chi connectivity index (χ4n) is 4.29. The summed E-state index contributed by atoms with van der Waals surface area (Å²) >= 11 is 0. The number of hydrogen-bond acceptors (Lipinski definition) is 5. The fraction of sp³-hybridized carbons (Fsp3) is 0.200. The number of rotatable bonds is 5. The smallest absolute Gasteiger partial charge is 0.334 e. The van der Waals surface area contributed by atoms with Crippen LogP contribution in [0.2, 0.25) is 0 Å². The first-order valence-corrected chi connectivity index (χ1v) is 10.7. The number of esters is 1. The summed E-state index contributed by atoms with van der Waals surface area (Å²) in [5.41, 5.74) is 6.14. The topological polar surface area (TPSA) is 83.4 Å². The number of fused-ring (bicyclic) bond motifs is 2. The molecular weight excluding hydrogens is 418 g/mol. The number of carbonyl (C=O) groups excluding carboxylic acids is 1. The molecule has 0 spiro atoms. The monoisotopic (exact) mass is 441 g/mol. The van der Waals surface area contributed by atoms with Gasteiger partial charge in [0.05, 0.1) is 52.8 Å². The fourth-order valence-corrected chi connectivity index (χ4v) is 4.29. The van der Waals surface area contributed by atoms with Crippen molar-refractivity contribution in [3.05, 3.63) is 82.9 Å². The maximum atomic E-state index is 13.5. The molecule has 0 N–H and O–H groups in total. The minimum atomic E-state index is -0.445. The number of hydrogen-bond donors (Lipinski definition) is 0. The van der Waals surface area contributed by atoms with Gasteiger partial charge < -0.3 is 9.14 Å². The third kappa shape index (κ3) is 3.40. The Morgan fingerprint density at radius 2 is 1.91 bits per heavy atom. The third-order valence-electron chi connectivity index (χ3n) is 5.77. The molecule has 0 aliphatic rings. The number of ether oxygens (including phenoxy) is 1. The molecule has 8 nitrogen and oxygen atoms in total. The molecule has 1 aromatic carbocycles. The van der Waals surface area contributed by atoms with Gasteiger partial charge in [0.1, 0.15) is 6.54 Å². The second kappa shape index (κ2) is 8.05. The van der Waals surface area contributed by atoms with Gasteiger partial charge in [0.25, 0.3) is 0 Å². The number of aryl methyl sites for hydroxylation is 2. The Kier molecular flexibility index (Phi) is 5.05. The highest BCUT2D eigenvalue weighted by molar-refractivity contribution is 5.84. The van der Waals surface area contributed by atoms with Crippen LogP contribution in [0, 0.1) is 13.8 Å². The van der Waals surface area contributed by atoms with Gasteiger partial charge in [-0.15, -0.1) is 0 Å². The molecule has 0 amide bonds. The number of para-hydroxylation sites is 1. The Morgan fingerprint density at radius 1 is 1.06 bits per heavy atom. The number of carbonyl (C=O) groups is 1. The summed E-state index contributed by atoms with van der Waals surface area (Å²) in [4.78, 5) is 34.7. The molecule has 0 aliphatic carbocycles. The van der Waals surface area contributed by atoms with Crippen molar-refractivity contribution in [2.24, 2.45) is 0 Å². The standard InChI is InChI=1S/C25H23N5O3/c1-4-33-23(31)14-29-21-9-5-7-16(2)24(21)30(25(29)32)20-11-10-19(27-17(20)3)18-8-6-12-28-15-26-13-22(18)28/h5-13,15H,4,14H2,1-3H3. The van der Waals surface area contributed by atoms with Gasteiger partial charge in [-0.1, -0.05) is 12.1 Å². The molecule has 0 bridgehead atoms. The van der Waals surface area contributed by atoms with E-state index in [2.05, 4.69) is 4.98 Å². The SMILES string of the molecule is CCOC(=O)Cn1c(=O)n(-c2ccc(-c3cccn4cncc34)nc2C)c2c(C)cccc21. The molecule has 0 radical (unpaired) electrons. The first-order valence-electron chi connectivity index (χ1n) is 10.7. The number of pyridine rings is 2. The van der Waals surface area contributed by atoms with Crippen LogP contribution in [-0.4, -0.2) is 36.1 Å². The van der Waals surface area contributed by atoms with E-state index < -0.39 is 5.97 Å². The molecule has 0 saturated heterocycles. The first-order chi connectivity index (χ1) is 16.0. The van der Waals surface area contributed by atoms with Crippen molar-refractivity contribution in [2.45, 2.75) is 27.3 Å². The molecule has 166 valence electrons. The van der Waals surface area contributed by atoms with E-state index in [-0.39, 0.29) is 18.8 Å². The zero-order chi connectivity index (χ0) is 23.1. The lowest BCUT2D eigenvalue weighted by Gasteiger charge is -2.11. The van der Waals surface area contributed by atoms with Crippen molar-refractivity contribution in [3.63, 3.8) is 0 Å². The highest BCUT2D eigenvalue weighted by atomic mass is 16.5. The van der Waals surface area contributed by atoms with Gasteiger partial charge in [0.2, 0.25) is 0 Å². The van der Waals surface area contributed by atoms with Gasteiger partial charge in [-0.05, 0) is 56.7 Å². The summed E-state index contributed by atoms with van der Waals surface area (Å²) in [7, 11) is 0. The van der Waals surface area contributed by atoms with Crippen LogP contribution in [-0.2, 0) is 16.1 Å². The van der Waals surface area contributed by atoms with E-state index in [0.717, 1.165) is 27.9 Å². The highest BCUT2D eigenvalue weighted by Crippen LogP contribution is 2.27. The van der Waals surface area contributed by atoms with Crippen molar-refractivity contribution in [2.75, 3.05) is 6.61 Å². The van der Waals surface area contributed by atoms with E-state index in [1.54, 1.807) is 24.0 Å². The second-order valence-electron chi connectivity index (χ2n) is 7.86. The van der Waals surface area contributed by atoms with E-state index in [0.29, 0.717) is 16.9 Å². The largest absolute Gasteiger partial charge is 0.465 e. The quantitative estimate of drug-likeness (QED) is 0.389. The molecule has 0 aliphatic heterocycles. The van der Waals surface area contributed by atoms with Crippen LogP contribution in [0.5, 0.6) is 0 Å². The first kappa shape index (κ1) is 20.7. The molecule has 8 heteroatoms. The van der Waals surface area contributed by atoms with Crippen molar-refractivity contribution in [1.82, 2.24) is 23.5 Å². The van der Waals surface area contributed by atoms with Gasteiger partial charge in [-0.2, -0.15) is 0 Å². The number of benzene rings is 1. The minimum Gasteiger partial charge on any atom is -0.465 e. The summed E-state index contributed by atoms with van der Waals surface area (Å²) in [6.07, 6.45) is 5.49. The van der Waals surface area contributed by atoms with Gasteiger partial charge >= 0.3 is 11.7 Å². The Hall–Kier alpha value is -4.20. The third-order valence-corrected chi connectivity index (χ3v) is 5.77. The van der Waals surface area contributed by atoms with Crippen LogP contribution >= 0.6 is 0 Å². The minimum absolute atomic E-state index is 0.145. The Bertz CT molecular complexity index is 1570. The van der Waals surface area contributed by atoms with Crippen LogP contribution in [0.25, 0.3) is 33.5 Å². The van der Waals surface area contributed by atoms with Crippen molar-refractivity contribution >= 4 is 22.5 Å². The van der Waals surface area contributed by atoms with E-state index >= 15 is 0 Å². The predicted molar refractivity (Wildman–Crippen MR) is 126 cm³/mol. The molecule has 4 heterocycles. The average molecular weight is 441 g/mol. The van der Waals surface area contributed by atoms with Crippen LogP contribution in [0.15, 0.2) is 66.0 Å². The predicted octanol–water partition coefficient (Wildman–Crippen LogP) is 3.68. The normalized spacial score (nSPS) is 11.4. The lowest BCUT2D eigenvalue weighted by molar-refractivity contribution is -0.143. The molecule has 0 unspecified atom stereocenters. The number of aromatic nitrogens is 5. The summed E-state index contributed by atoms with van der Waals surface area (Å²) < 4.78 is 10.1. The summed E-state index contributed by atoms with van der Waals surface area (Å²) in [6.45, 7) is 5.70. The molecule has 0 atom stereocenters. The van der Waals surface area contributed by atoms with Crippen LogP contribution in [0.1, 0.15) is 18.2 Å². The van der Waals surface area contributed by atoms with Crippen molar-refractivity contribution in [1.29, 1.82) is 0 Å². The zero-order valence-electron chi connectivity index (χ0n) is 18.6. The molecule has 33 heavy (non-hydrogen) atoms. The maximum Gasteiger partial charge on any atom is 0.334 e. The van der Waals surface area contributed by atoms with Gasteiger partial charge in [-0.25, -0.2) is 9.78 Å². The molecule has 0 fully saturated rings. The van der Waals surface area contributed by atoms with Crippen LogP contribution in [0.3, 0.4) is 0 Å². The van der Waals surface area contributed by atoms with Gasteiger partial charge in [0.15, 0.2) is 0 Å². The van der Waals surface area contributed by atoms with Gasteiger partial charge in [-0.3, -0.25) is 18.9 Å². The molecule has 4 aromatic heterocycles. The second-order valence-corrected chi connectivity index (χ2v) is 7.86. The van der Waals surface area contributed by atoms with Crippen molar-refractivity contribution in [3.8, 4) is 16.9 Å². The average Bonchev–Trinajstić information content (AvgIpc) is 3.38. The lowest BCUT2D eigenvalue weighted by atomic mass is 10.1. The Balaban J connectivity index is 1.68. The summed E-state index contributed by atoms with van der Waals surface area (Å²) in [6, 6.07) is 13.4. The van der Waals surface area contributed by atoms with Gasteiger partial charge in [0, 0.05) is 11.8 Å². The van der Waals surface area contributed by atoms with Crippen molar-refractivity contribution < 1.29 is 9.53 Å². The maximum absolute atomic E-state index is 13.5. The number of nitrogens with zero attached hydrogens (tertiary/aromatic N) is 5. The summed E-state index contributed by atoms with van der Waals surface area (Å²) in [5, 5.41) is 0. The van der Waals surface area contributed by atoms with E-state index in [1.165, 1.54) is 4.57 Å².